The van der Waals surface area contributed by atoms with Crippen LogP contribution in [0.5, 0.6) is 0 Å². The smallest absolute Gasteiger partial charge is 0.266 e. The third-order valence-corrected chi connectivity index (χ3v) is 16.2. The molecule has 372 valence electrons. The molecular formula is C68H78N2O2. The molecule has 72 heavy (non-hydrogen) atoms. The lowest BCUT2D eigenvalue weighted by atomic mass is 9.73. The summed E-state index contributed by atoms with van der Waals surface area (Å²) in [5, 5.41) is 8.72. The largest absolute Gasteiger partial charge is 0.371 e. The number of carbonyl (C=O) groups is 2. The van der Waals surface area contributed by atoms with Gasteiger partial charge in [0.15, 0.2) is 0 Å². The Kier molecular flexibility index (Phi) is 11.2. The maximum atomic E-state index is 16.3. The highest BCUT2D eigenvalue weighted by molar-refractivity contribution is 6.45. The van der Waals surface area contributed by atoms with Crippen molar-refractivity contribution in [1.29, 1.82) is 0 Å². The van der Waals surface area contributed by atoms with Gasteiger partial charge in [0.25, 0.3) is 11.8 Å². The van der Waals surface area contributed by atoms with Gasteiger partial charge < -0.3 is 4.90 Å². The van der Waals surface area contributed by atoms with E-state index in [1.807, 2.05) is 0 Å². The lowest BCUT2D eigenvalue weighted by Gasteiger charge is -2.35. The molecule has 2 amide bonds. The number of fused-ring (bicyclic) bond motifs is 2. The summed E-state index contributed by atoms with van der Waals surface area (Å²) in [4.78, 5) is 36.7. The predicted molar refractivity (Wildman–Crippen MR) is 310 cm³/mol. The number of carbonyl (C=O) groups excluding carboxylic acids is 2. The second-order valence-electron chi connectivity index (χ2n) is 27.7. The van der Waals surface area contributed by atoms with Crippen LogP contribution in [0, 0.1) is 0 Å². The highest BCUT2D eigenvalue weighted by Gasteiger charge is 2.41. The summed E-state index contributed by atoms with van der Waals surface area (Å²) in [6.07, 6.45) is 2.36. The Hall–Kier alpha value is -6.00. The molecule has 0 aliphatic carbocycles. The van der Waals surface area contributed by atoms with Gasteiger partial charge in [0, 0.05) is 46.1 Å². The summed E-state index contributed by atoms with van der Waals surface area (Å²) in [5.41, 5.74) is 13.0. The molecule has 1 fully saturated rings. The van der Waals surface area contributed by atoms with E-state index in [0.29, 0.717) is 16.8 Å². The van der Waals surface area contributed by atoms with Crippen LogP contribution in [-0.4, -0.2) is 24.9 Å². The van der Waals surface area contributed by atoms with Crippen molar-refractivity contribution in [3.63, 3.8) is 0 Å². The third-order valence-electron chi connectivity index (χ3n) is 16.2. The predicted octanol–water partition coefficient (Wildman–Crippen LogP) is 18.3. The number of anilines is 2. The van der Waals surface area contributed by atoms with Gasteiger partial charge in [-0.15, -0.1) is 0 Å². The van der Waals surface area contributed by atoms with Gasteiger partial charge in [0.05, 0.1) is 5.69 Å². The van der Waals surface area contributed by atoms with Gasteiger partial charge in [-0.2, -0.15) is 0 Å². The van der Waals surface area contributed by atoms with Gasteiger partial charge >= 0.3 is 0 Å². The summed E-state index contributed by atoms with van der Waals surface area (Å²) in [7, 11) is 0. The van der Waals surface area contributed by atoms with E-state index >= 15 is 9.59 Å². The summed E-state index contributed by atoms with van der Waals surface area (Å²) < 4.78 is 0. The van der Waals surface area contributed by atoms with E-state index in [2.05, 4.69) is 227 Å². The molecule has 0 saturated carbocycles. The van der Waals surface area contributed by atoms with Crippen LogP contribution in [0.1, 0.15) is 192 Å². The Bertz CT molecular complexity index is 3400. The van der Waals surface area contributed by atoms with Crippen LogP contribution in [0.2, 0.25) is 0 Å². The Morgan fingerprint density at radius 2 is 0.750 bits per heavy atom. The van der Waals surface area contributed by atoms with Gasteiger partial charge in [-0.3, -0.25) is 9.59 Å². The summed E-state index contributed by atoms with van der Waals surface area (Å²) in [6.45, 7) is 42.7. The van der Waals surface area contributed by atoms with Gasteiger partial charge in [0.1, 0.15) is 0 Å². The van der Waals surface area contributed by atoms with E-state index in [0.717, 1.165) is 78.8 Å². The van der Waals surface area contributed by atoms with E-state index in [1.54, 1.807) is 4.90 Å². The fourth-order valence-electron chi connectivity index (χ4n) is 12.1. The van der Waals surface area contributed by atoms with Crippen molar-refractivity contribution in [2.75, 3.05) is 22.9 Å². The van der Waals surface area contributed by atoms with Crippen molar-refractivity contribution in [3.8, 4) is 22.3 Å². The summed E-state index contributed by atoms with van der Waals surface area (Å²) in [6, 6.07) is 36.6. The molecule has 0 bridgehead atoms. The molecule has 4 nitrogen and oxygen atoms in total. The minimum atomic E-state index is -0.368. The van der Waals surface area contributed by atoms with Gasteiger partial charge in [0.2, 0.25) is 0 Å². The van der Waals surface area contributed by atoms with Crippen LogP contribution in [-0.2, 0) is 32.5 Å². The number of hydrogen-bond donors (Lipinski definition) is 0. The van der Waals surface area contributed by atoms with Crippen molar-refractivity contribution in [3.05, 3.63) is 142 Å². The Labute approximate surface area is 430 Å². The van der Waals surface area contributed by atoms with E-state index in [1.165, 1.54) is 51.6 Å². The molecule has 4 heteroatoms. The number of nitrogens with zero attached hydrogens (tertiary/aromatic N) is 2. The first-order valence-electron chi connectivity index (χ1n) is 26.7. The lowest BCUT2D eigenvalue weighted by Crippen LogP contribution is -2.42. The fourth-order valence-corrected chi connectivity index (χ4v) is 12.1. The van der Waals surface area contributed by atoms with Crippen LogP contribution in [0.25, 0.3) is 65.3 Å². The molecule has 0 aromatic heterocycles. The first-order valence-corrected chi connectivity index (χ1v) is 26.7. The number of rotatable bonds is 4. The zero-order chi connectivity index (χ0) is 52.2. The molecule has 2 aliphatic rings. The monoisotopic (exact) mass is 955 g/mol. The van der Waals surface area contributed by atoms with Crippen molar-refractivity contribution in [1.82, 2.24) is 0 Å². The van der Waals surface area contributed by atoms with Crippen molar-refractivity contribution in [2.45, 2.75) is 170 Å². The summed E-state index contributed by atoms with van der Waals surface area (Å²) in [5.74, 6) is -0.559. The maximum absolute atomic E-state index is 16.3. The molecule has 0 radical (unpaired) electrons. The minimum Gasteiger partial charge on any atom is -0.371 e. The second kappa shape index (κ2) is 16.2. The number of benzene rings is 8. The number of imide groups is 1. The molecule has 2 aliphatic heterocycles. The topological polar surface area (TPSA) is 40.6 Å². The molecule has 0 N–H and O–H groups in total. The highest BCUT2D eigenvalue weighted by atomic mass is 16.2. The van der Waals surface area contributed by atoms with Gasteiger partial charge in [-0.25, -0.2) is 4.90 Å². The highest BCUT2D eigenvalue weighted by Crippen LogP contribution is 2.55. The summed E-state index contributed by atoms with van der Waals surface area (Å²) >= 11 is 0. The first-order chi connectivity index (χ1) is 33.4. The molecule has 1 saturated heterocycles. The van der Waals surface area contributed by atoms with Crippen LogP contribution in [0.15, 0.2) is 97.1 Å². The first kappa shape index (κ1) is 49.6. The van der Waals surface area contributed by atoms with Crippen molar-refractivity contribution in [2.24, 2.45) is 0 Å². The minimum absolute atomic E-state index is 0.141. The average Bonchev–Trinajstić information content (AvgIpc) is 3.82. The normalized spacial score (nSPS) is 15.4. The quantitative estimate of drug-likeness (QED) is 0.100. The Morgan fingerprint density at radius 1 is 0.333 bits per heavy atom. The van der Waals surface area contributed by atoms with E-state index < -0.39 is 0 Å². The van der Waals surface area contributed by atoms with Crippen molar-refractivity contribution < 1.29 is 9.59 Å². The molecule has 0 atom stereocenters. The van der Waals surface area contributed by atoms with Crippen molar-refractivity contribution >= 4 is 66.3 Å². The average molecular weight is 955 g/mol. The zero-order valence-corrected chi connectivity index (χ0v) is 46.8. The maximum Gasteiger partial charge on any atom is 0.266 e. The van der Waals surface area contributed by atoms with E-state index in [-0.39, 0.29) is 44.3 Å². The van der Waals surface area contributed by atoms with Gasteiger partial charge in [-0.1, -0.05) is 197 Å². The van der Waals surface area contributed by atoms with Crippen LogP contribution in [0.4, 0.5) is 11.4 Å². The molecule has 0 spiro atoms. The molecule has 0 unspecified atom stereocenters. The molecule has 8 aromatic rings. The Balaban J connectivity index is 1.50. The number of amides is 2. The standard InChI is InChI=1S/C68H78N2O2/c1-63(2,3)39-24-28-51(66(10,11)12)45(34-39)47-37-49-59-50(62(72)70(61(49)71)55-36-41(65(7,8)9)26-30-53(55)68(16,17)18)38-48(46-35-40(64(4,5)6)25-29-52(46)67(13,14)15)58-44-27-31-54(69-32-19-20-33-69)42-22-21-23-43(56(42)44)57(47)60(58)59/h21-31,34-38H,19-20,32-33H2,1-18H3. The van der Waals surface area contributed by atoms with E-state index in [9.17, 15) is 0 Å². The SMILES string of the molecule is CC(C)(C)c1ccc(C(C)(C)C)c(-c2cc3c4c(cc(-c5cc(C(C)(C)C)ccc5C(C)(C)C)c5c6ccc(N7CCCC7)c7cccc(c2c45)c76)C(=O)N(c2cc(C(C)(C)C)ccc2C(C)(C)C)C3=O)c1. The van der Waals surface area contributed by atoms with Crippen LogP contribution in [0.3, 0.4) is 0 Å². The number of hydrogen-bond acceptors (Lipinski definition) is 3. The van der Waals surface area contributed by atoms with Crippen LogP contribution < -0.4 is 9.80 Å². The lowest BCUT2D eigenvalue weighted by molar-refractivity contribution is 0.0893. The molecule has 8 aromatic carbocycles. The van der Waals surface area contributed by atoms with Crippen LogP contribution >= 0.6 is 0 Å². The van der Waals surface area contributed by atoms with Gasteiger partial charge in [-0.05, 0) is 152 Å². The third kappa shape index (κ3) is 7.93. The Morgan fingerprint density at radius 3 is 1.19 bits per heavy atom. The van der Waals surface area contributed by atoms with E-state index in [4.69, 9.17) is 0 Å². The molecule has 10 rings (SSSR count). The zero-order valence-electron chi connectivity index (χ0n) is 46.8. The second-order valence-corrected chi connectivity index (χ2v) is 27.7. The molecule has 2 heterocycles. The fraction of sp³-hybridized carbons (Fsp3) is 0.412. The molecular weight excluding hydrogens is 877 g/mol.